The largest absolute Gasteiger partial charge is 0.497 e. The first-order chi connectivity index (χ1) is 13.2. The van der Waals surface area contributed by atoms with Crippen LogP contribution in [0.3, 0.4) is 0 Å². The van der Waals surface area contributed by atoms with Crippen LogP contribution >= 0.6 is 0 Å². The van der Waals surface area contributed by atoms with Crippen molar-refractivity contribution in [1.82, 2.24) is 15.1 Å². The minimum Gasteiger partial charge on any atom is -0.497 e. The van der Waals surface area contributed by atoms with E-state index in [9.17, 15) is 4.79 Å². The Kier molecular flexibility index (Phi) is 6.87. The highest BCUT2D eigenvalue weighted by Crippen LogP contribution is 2.21. The summed E-state index contributed by atoms with van der Waals surface area (Å²) in [6.45, 7) is 5.11. The Hall–Kier alpha value is -2.34. The normalized spacial score (nSPS) is 13.3. The van der Waals surface area contributed by atoms with Crippen LogP contribution in [0.15, 0.2) is 24.3 Å². The van der Waals surface area contributed by atoms with Gasteiger partial charge in [-0.05, 0) is 30.5 Å². The third-order valence-electron chi connectivity index (χ3n) is 4.87. The number of nitrogens with one attached hydrogen (secondary N) is 1. The maximum atomic E-state index is 12.2. The van der Waals surface area contributed by atoms with Crippen LogP contribution in [-0.4, -0.2) is 35.9 Å². The Morgan fingerprint density at radius 3 is 3.07 bits per heavy atom. The molecule has 2 aromatic rings. The molecule has 2 heterocycles. The zero-order valence-electron chi connectivity index (χ0n) is 16.3. The van der Waals surface area contributed by atoms with Crippen LogP contribution in [-0.2, 0) is 41.9 Å². The summed E-state index contributed by atoms with van der Waals surface area (Å²) in [6, 6.07) is 7.85. The van der Waals surface area contributed by atoms with E-state index in [2.05, 4.69) is 16.9 Å². The van der Waals surface area contributed by atoms with Crippen molar-refractivity contribution in [1.29, 1.82) is 0 Å². The summed E-state index contributed by atoms with van der Waals surface area (Å²) in [5, 5.41) is 7.78. The molecule has 1 aliphatic heterocycles. The Balaban J connectivity index is 1.48. The molecule has 6 heteroatoms. The fourth-order valence-electron chi connectivity index (χ4n) is 3.47. The summed E-state index contributed by atoms with van der Waals surface area (Å²) < 4.78 is 13.0. The number of fused-ring (bicyclic) bond motifs is 1. The maximum absolute atomic E-state index is 12.2. The molecule has 0 bridgehead atoms. The molecule has 1 aromatic carbocycles. The van der Waals surface area contributed by atoms with Crippen molar-refractivity contribution in [3.8, 4) is 5.75 Å². The molecular weight excluding hydrogens is 342 g/mol. The lowest BCUT2D eigenvalue weighted by Crippen LogP contribution is -2.26. The average Bonchev–Trinajstić information content (AvgIpc) is 3.05. The van der Waals surface area contributed by atoms with Gasteiger partial charge in [-0.15, -0.1) is 0 Å². The zero-order chi connectivity index (χ0) is 19.1. The molecule has 0 unspecified atom stereocenters. The van der Waals surface area contributed by atoms with Crippen LogP contribution in [0.2, 0.25) is 0 Å². The standard InChI is InChI=1S/C21H29N3O3/c1-3-12-24-20-10-13-27-15-18(20)19(23-24)9-11-22-21(25)8-7-16-5-4-6-17(14-16)26-2/h4-6,14H,3,7-13,15H2,1-2H3,(H,22,25). The Morgan fingerprint density at radius 1 is 1.37 bits per heavy atom. The molecule has 0 atom stereocenters. The van der Waals surface area contributed by atoms with Gasteiger partial charge in [-0.25, -0.2) is 0 Å². The zero-order valence-corrected chi connectivity index (χ0v) is 16.3. The number of hydrogen-bond donors (Lipinski definition) is 1. The lowest BCUT2D eigenvalue weighted by atomic mass is 10.1. The van der Waals surface area contributed by atoms with E-state index in [4.69, 9.17) is 14.6 Å². The van der Waals surface area contributed by atoms with Crippen molar-refractivity contribution in [3.63, 3.8) is 0 Å². The average molecular weight is 371 g/mol. The van der Waals surface area contributed by atoms with E-state index in [1.165, 1.54) is 11.3 Å². The molecule has 0 aliphatic carbocycles. The topological polar surface area (TPSA) is 65.4 Å². The van der Waals surface area contributed by atoms with Gasteiger partial charge in [0.15, 0.2) is 0 Å². The second-order valence-electron chi connectivity index (χ2n) is 6.85. The number of amides is 1. The minimum atomic E-state index is 0.0657. The molecule has 0 spiro atoms. The van der Waals surface area contributed by atoms with Gasteiger partial charge in [0, 0.05) is 43.6 Å². The van der Waals surface area contributed by atoms with Gasteiger partial charge in [-0.1, -0.05) is 19.1 Å². The van der Waals surface area contributed by atoms with Crippen LogP contribution < -0.4 is 10.1 Å². The number of benzene rings is 1. The van der Waals surface area contributed by atoms with Crippen molar-refractivity contribution in [2.24, 2.45) is 0 Å². The molecule has 0 saturated heterocycles. The number of carbonyl (C=O) groups excluding carboxylic acids is 1. The van der Waals surface area contributed by atoms with Crippen molar-refractivity contribution < 1.29 is 14.3 Å². The number of nitrogens with zero attached hydrogens (tertiary/aromatic N) is 2. The first kappa shape index (κ1) is 19.4. The third kappa shape index (κ3) is 5.10. The number of aryl methyl sites for hydroxylation is 2. The van der Waals surface area contributed by atoms with Crippen LogP contribution in [0.25, 0.3) is 0 Å². The number of methoxy groups -OCH3 is 1. The van der Waals surface area contributed by atoms with E-state index in [0.717, 1.165) is 49.4 Å². The third-order valence-corrected chi connectivity index (χ3v) is 4.87. The molecule has 3 rings (SSSR count). The summed E-state index contributed by atoms with van der Waals surface area (Å²) in [4.78, 5) is 12.2. The predicted molar refractivity (Wildman–Crippen MR) is 104 cm³/mol. The van der Waals surface area contributed by atoms with Crippen molar-refractivity contribution in [2.45, 2.75) is 52.2 Å². The van der Waals surface area contributed by atoms with E-state index in [0.29, 0.717) is 26.0 Å². The number of aromatic nitrogens is 2. The van der Waals surface area contributed by atoms with Crippen molar-refractivity contribution in [2.75, 3.05) is 20.3 Å². The molecule has 6 nitrogen and oxygen atoms in total. The lowest BCUT2D eigenvalue weighted by molar-refractivity contribution is -0.121. The van der Waals surface area contributed by atoms with Gasteiger partial charge >= 0.3 is 0 Å². The predicted octanol–water partition coefficient (Wildman–Crippen LogP) is 2.67. The highest BCUT2D eigenvalue weighted by molar-refractivity contribution is 5.76. The Morgan fingerprint density at radius 2 is 2.26 bits per heavy atom. The van der Waals surface area contributed by atoms with Crippen LogP contribution in [0, 0.1) is 0 Å². The molecule has 1 aromatic heterocycles. The highest BCUT2D eigenvalue weighted by Gasteiger charge is 2.20. The van der Waals surface area contributed by atoms with Gasteiger partial charge < -0.3 is 14.8 Å². The van der Waals surface area contributed by atoms with E-state index < -0.39 is 0 Å². The fourth-order valence-corrected chi connectivity index (χ4v) is 3.47. The number of hydrogen-bond acceptors (Lipinski definition) is 4. The summed E-state index contributed by atoms with van der Waals surface area (Å²) in [7, 11) is 1.65. The van der Waals surface area contributed by atoms with Gasteiger partial charge in [-0.3, -0.25) is 9.48 Å². The molecule has 1 N–H and O–H groups in total. The minimum absolute atomic E-state index is 0.0657. The molecule has 0 fully saturated rings. The van der Waals surface area contributed by atoms with Crippen molar-refractivity contribution >= 4 is 5.91 Å². The molecule has 0 radical (unpaired) electrons. The van der Waals surface area contributed by atoms with Crippen LogP contribution in [0.4, 0.5) is 0 Å². The number of rotatable bonds is 9. The second kappa shape index (κ2) is 9.55. The quantitative estimate of drug-likeness (QED) is 0.736. The monoisotopic (exact) mass is 371 g/mol. The van der Waals surface area contributed by atoms with Gasteiger partial charge in [-0.2, -0.15) is 5.10 Å². The van der Waals surface area contributed by atoms with E-state index >= 15 is 0 Å². The van der Waals surface area contributed by atoms with Gasteiger partial charge in [0.1, 0.15) is 5.75 Å². The number of ether oxygens (including phenoxy) is 2. The van der Waals surface area contributed by atoms with E-state index in [1.807, 2.05) is 24.3 Å². The van der Waals surface area contributed by atoms with E-state index in [-0.39, 0.29) is 5.91 Å². The van der Waals surface area contributed by atoms with Crippen LogP contribution in [0.1, 0.15) is 42.3 Å². The Bertz CT molecular complexity index is 770. The summed E-state index contributed by atoms with van der Waals surface area (Å²) in [6.07, 6.45) is 3.91. The van der Waals surface area contributed by atoms with Gasteiger partial charge in [0.05, 0.1) is 26.0 Å². The molecule has 1 amide bonds. The van der Waals surface area contributed by atoms with Gasteiger partial charge in [0.25, 0.3) is 0 Å². The summed E-state index contributed by atoms with van der Waals surface area (Å²) >= 11 is 0. The van der Waals surface area contributed by atoms with E-state index in [1.54, 1.807) is 7.11 Å². The second-order valence-corrected chi connectivity index (χ2v) is 6.85. The summed E-state index contributed by atoms with van der Waals surface area (Å²) in [5.41, 5.74) is 4.70. The smallest absolute Gasteiger partial charge is 0.220 e. The maximum Gasteiger partial charge on any atom is 0.220 e. The first-order valence-corrected chi connectivity index (χ1v) is 9.76. The lowest BCUT2D eigenvalue weighted by Gasteiger charge is -2.15. The highest BCUT2D eigenvalue weighted by atomic mass is 16.5. The molecular formula is C21H29N3O3. The fraction of sp³-hybridized carbons (Fsp3) is 0.524. The van der Waals surface area contributed by atoms with Gasteiger partial charge in [0.2, 0.25) is 5.91 Å². The SMILES string of the molecule is CCCn1nc(CCNC(=O)CCc2cccc(OC)c2)c2c1CCOC2. The Labute approximate surface area is 160 Å². The molecule has 0 saturated carbocycles. The summed E-state index contributed by atoms with van der Waals surface area (Å²) in [5.74, 6) is 0.887. The first-order valence-electron chi connectivity index (χ1n) is 9.76. The van der Waals surface area contributed by atoms with Crippen molar-refractivity contribution in [3.05, 3.63) is 46.8 Å². The number of carbonyl (C=O) groups is 1. The molecule has 146 valence electrons. The van der Waals surface area contributed by atoms with Crippen LogP contribution in [0.5, 0.6) is 5.75 Å². The molecule has 1 aliphatic rings. The molecule has 27 heavy (non-hydrogen) atoms.